The summed E-state index contributed by atoms with van der Waals surface area (Å²) in [7, 11) is -3.34. The highest BCUT2D eigenvalue weighted by Gasteiger charge is 2.42. The minimum atomic E-state index is -3.34. The number of carbonyl (C=O) groups is 1. The SMILES string of the molecule is CS(=O)(=O)NCC(=O)N[C@H]1CN(Cc2ccccc2)C[C@@H]1C1CC1. The summed E-state index contributed by atoms with van der Waals surface area (Å²) in [5.74, 6) is 0.910. The van der Waals surface area contributed by atoms with E-state index in [1.807, 2.05) is 18.2 Å². The molecule has 7 heteroatoms. The maximum Gasteiger partial charge on any atom is 0.235 e. The normalized spacial score (nSPS) is 24.9. The molecular formula is C17H25N3O3S. The Bertz CT molecular complexity index is 674. The molecule has 1 aliphatic carbocycles. The van der Waals surface area contributed by atoms with E-state index in [1.165, 1.54) is 18.4 Å². The molecule has 1 saturated heterocycles. The quantitative estimate of drug-likeness (QED) is 0.753. The Labute approximate surface area is 143 Å². The van der Waals surface area contributed by atoms with E-state index in [1.54, 1.807) is 0 Å². The van der Waals surface area contributed by atoms with E-state index in [0.717, 1.165) is 25.9 Å². The van der Waals surface area contributed by atoms with Gasteiger partial charge in [0.25, 0.3) is 0 Å². The van der Waals surface area contributed by atoms with Crippen molar-refractivity contribution < 1.29 is 13.2 Å². The van der Waals surface area contributed by atoms with Crippen molar-refractivity contribution in [3.05, 3.63) is 35.9 Å². The van der Waals surface area contributed by atoms with Gasteiger partial charge in [-0.15, -0.1) is 0 Å². The van der Waals surface area contributed by atoms with Gasteiger partial charge in [-0.3, -0.25) is 9.69 Å². The van der Waals surface area contributed by atoms with Gasteiger partial charge in [0.2, 0.25) is 15.9 Å². The van der Waals surface area contributed by atoms with E-state index in [2.05, 4.69) is 27.1 Å². The van der Waals surface area contributed by atoms with Crippen LogP contribution in [0.5, 0.6) is 0 Å². The largest absolute Gasteiger partial charge is 0.351 e. The Morgan fingerprint density at radius 3 is 2.54 bits per heavy atom. The van der Waals surface area contributed by atoms with E-state index < -0.39 is 10.0 Å². The van der Waals surface area contributed by atoms with Gasteiger partial charge in [-0.1, -0.05) is 30.3 Å². The lowest BCUT2D eigenvalue weighted by Gasteiger charge is -2.19. The number of nitrogens with zero attached hydrogens (tertiary/aromatic N) is 1. The Morgan fingerprint density at radius 1 is 1.21 bits per heavy atom. The summed E-state index contributed by atoms with van der Waals surface area (Å²) in [6.07, 6.45) is 3.53. The molecule has 1 amide bonds. The first kappa shape index (κ1) is 17.4. The van der Waals surface area contributed by atoms with Gasteiger partial charge in [0.15, 0.2) is 0 Å². The van der Waals surface area contributed by atoms with E-state index >= 15 is 0 Å². The van der Waals surface area contributed by atoms with Crippen molar-refractivity contribution in [2.75, 3.05) is 25.9 Å². The van der Waals surface area contributed by atoms with Crippen molar-refractivity contribution in [1.82, 2.24) is 14.9 Å². The Hall–Kier alpha value is -1.44. The third-order valence-corrected chi connectivity index (χ3v) is 5.43. The van der Waals surface area contributed by atoms with Gasteiger partial charge in [-0.2, -0.15) is 0 Å². The van der Waals surface area contributed by atoms with Crippen molar-refractivity contribution in [1.29, 1.82) is 0 Å². The van der Waals surface area contributed by atoms with Crippen LogP contribution in [0.1, 0.15) is 18.4 Å². The van der Waals surface area contributed by atoms with Gasteiger partial charge < -0.3 is 5.32 Å². The molecule has 0 aromatic heterocycles. The van der Waals surface area contributed by atoms with Gasteiger partial charge in [0.1, 0.15) is 0 Å². The van der Waals surface area contributed by atoms with E-state index in [4.69, 9.17) is 0 Å². The third kappa shape index (κ3) is 5.03. The monoisotopic (exact) mass is 351 g/mol. The fourth-order valence-electron chi connectivity index (χ4n) is 3.49. The molecule has 6 nitrogen and oxygen atoms in total. The molecule has 0 radical (unpaired) electrons. The van der Waals surface area contributed by atoms with Crippen LogP contribution in [0.3, 0.4) is 0 Å². The van der Waals surface area contributed by atoms with Crippen LogP contribution in [0.2, 0.25) is 0 Å². The van der Waals surface area contributed by atoms with Gasteiger partial charge in [-0.05, 0) is 30.2 Å². The average molecular weight is 351 g/mol. The second-order valence-corrected chi connectivity index (χ2v) is 8.78. The highest BCUT2D eigenvalue weighted by atomic mass is 32.2. The Morgan fingerprint density at radius 2 is 1.92 bits per heavy atom. The molecule has 2 aliphatic rings. The topological polar surface area (TPSA) is 78.5 Å². The van der Waals surface area contributed by atoms with Crippen molar-refractivity contribution in [2.24, 2.45) is 11.8 Å². The van der Waals surface area contributed by atoms with Gasteiger partial charge in [0, 0.05) is 25.7 Å². The Balaban J connectivity index is 1.56. The molecule has 3 rings (SSSR count). The number of likely N-dealkylation sites (tertiary alicyclic amines) is 1. The summed E-state index contributed by atoms with van der Waals surface area (Å²) >= 11 is 0. The average Bonchev–Trinajstić information content (AvgIpc) is 3.29. The fraction of sp³-hybridized carbons (Fsp3) is 0.588. The molecule has 1 saturated carbocycles. The van der Waals surface area contributed by atoms with Crippen molar-refractivity contribution in [2.45, 2.75) is 25.4 Å². The number of rotatable bonds is 7. The van der Waals surface area contributed by atoms with Gasteiger partial charge in [-0.25, -0.2) is 13.1 Å². The zero-order chi connectivity index (χ0) is 17.2. The first-order valence-corrected chi connectivity index (χ1v) is 10.3. The predicted octanol–water partition coefficient (Wildman–Crippen LogP) is 0.562. The number of hydrogen-bond acceptors (Lipinski definition) is 4. The lowest BCUT2D eigenvalue weighted by atomic mass is 9.98. The minimum Gasteiger partial charge on any atom is -0.351 e. The molecule has 1 aliphatic heterocycles. The van der Waals surface area contributed by atoms with Crippen LogP contribution in [-0.2, 0) is 21.4 Å². The van der Waals surface area contributed by atoms with Crippen LogP contribution >= 0.6 is 0 Å². The molecule has 1 aromatic rings. The Kier molecular flexibility index (Phi) is 5.22. The standard InChI is InChI=1S/C17H25N3O3S/c1-24(22,23)18-9-17(21)19-16-12-20(11-15(16)14-7-8-14)10-13-5-3-2-4-6-13/h2-6,14-16,18H,7-12H2,1H3,(H,19,21)/t15-,16+/m1/s1. The zero-order valence-corrected chi connectivity index (χ0v) is 14.8. The molecule has 0 unspecified atom stereocenters. The number of amides is 1. The van der Waals surface area contributed by atoms with E-state index in [9.17, 15) is 13.2 Å². The number of carbonyl (C=O) groups excluding carboxylic acids is 1. The van der Waals surface area contributed by atoms with E-state index in [-0.39, 0.29) is 18.5 Å². The first-order valence-electron chi connectivity index (χ1n) is 8.41. The van der Waals surface area contributed by atoms with E-state index in [0.29, 0.717) is 11.8 Å². The predicted molar refractivity (Wildman–Crippen MR) is 92.7 cm³/mol. The second-order valence-electron chi connectivity index (χ2n) is 6.95. The molecule has 1 heterocycles. The summed E-state index contributed by atoms with van der Waals surface area (Å²) in [5, 5.41) is 3.03. The number of hydrogen-bond donors (Lipinski definition) is 2. The number of sulfonamides is 1. The van der Waals surface area contributed by atoms with Crippen LogP contribution in [0.4, 0.5) is 0 Å². The second kappa shape index (κ2) is 7.21. The zero-order valence-electron chi connectivity index (χ0n) is 13.9. The van der Waals surface area contributed by atoms with Crippen LogP contribution in [-0.4, -0.2) is 51.2 Å². The molecule has 0 spiro atoms. The lowest BCUT2D eigenvalue weighted by Crippen LogP contribution is -2.45. The van der Waals surface area contributed by atoms with Crippen molar-refractivity contribution in [3.63, 3.8) is 0 Å². The van der Waals surface area contributed by atoms with Crippen LogP contribution in [0, 0.1) is 11.8 Å². The van der Waals surface area contributed by atoms with Gasteiger partial charge in [0.05, 0.1) is 12.8 Å². The molecule has 2 atom stereocenters. The molecular weight excluding hydrogens is 326 g/mol. The number of benzene rings is 1. The molecule has 2 fully saturated rings. The van der Waals surface area contributed by atoms with Crippen molar-refractivity contribution in [3.8, 4) is 0 Å². The smallest absolute Gasteiger partial charge is 0.235 e. The third-order valence-electron chi connectivity index (χ3n) is 4.76. The molecule has 132 valence electrons. The van der Waals surface area contributed by atoms with Crippen molar-refractivity contribution >= 4 is 15.9 Å². The summed E-state index contributed by atoms with van der Waals surface area (Å²) in [5.41, 5.74) is 1.28. The molecule has 1 aromatic carbocycles. The molecule has 0 bridgehead atoms. The summed E-state index contributed by atoms with van der Waals surface area (Å²) < 4.78 is 24.5. The highest BCUT2D eigenvalue weighted by Crippen LogP contribution is 2.41. The molecule has 2 N–H and O–H groups in total. The van der Waals surface area contributed by atoms with Crippen LogP contribution < -0.4 is 10.0 Å². The van der Waals surface area contributed by atoms with Crippen LogP contribution in [0.25, 0.3) is 0 Å². The maximum atomic E-state index is 12.0. The summed E-state index contributed by atoms with van der Waals surface area (Å²) in [6.45, 7) is 2.51. The first-order chi connectivity index (χ1) is 11.4. The fourth-order valence-corrected chi connectivity index (χ4v) is 3.89. The summed E-state index contributed by atoms with van der Waals surface area (Å²) in [4.78, 5) is 14.4. The lowest BCUT2D eigenvalue weighted by molar-refractivity contribution is -0.120. The number of nitrogens with one attached hydrogen (secondary N) is 2. The highest BCUT2D eigenvalue weighted by molar-refractivity contribution is 7.88. The minimum absolute atomic E-state index is 0.107. The van der Waals surface area contributed by atoms with Crippen LogP contribution in [0.15, 0.2) is 30.3 Å². The summed E-state index contributed by atoms with van der Waals surface area (Å²) in [6, 6.07) is 10.4. The molecule has 24 heavy (non-hydrogen) atoms. The maximum absolute atomic E-state index is 12.0. The van der Waals surface area contributed by atoms with Gasteiger partial charge >= 0.3 is 0 Å².